The lowest BCUT2D eigenvalue weighted by Crippen LogP contribution is -1.99. The Labute approximate surface area is 177 Å². The number of fused-ring (bicyclic) bond motifs is 1. The highest BCUT2D eigenvalue weighted by Crippen LogP contribution is 2.36. The molecule has 9 heteroatoms. The van der Waals surface area contributed by atoms with Crippen LogP contribution in [-0.4, -0.2) is 26.0 Å². The first-order valence-electron chi connectivity index (χ1n) is 8.31. The van der Waals surface area contributed by atoms with Gasteiger partial charge in [0.15, 0.2) is 5.65 Å². The maximum absolute atomic E-state index is 9.54. The van der Waals surface area contributed by atoms with Crippen LogP contribution in [0.5, 0.6) is 0 Å². The molecule has 4 rings (SSSR count). The summed E-state index contributed by atoms with van der Waals surface area (Å²) in [6.45, 7) is 0. The van der Waals surface area contributed by atoms with Crippen molar-refractivity contribution in [1.82, 2.24) is 18.9 Å². The molecule has 0 fully saturated rings. The zero-order valence-corrected chi connectivity index (χ0v) is 17.7. The van der Waals surface area contributed by atoms with Crippen molar-refractivity contribution in [2.75, 3.05) is 17.7 Å². The number of para-hydroxylation sites is 1. The molecule has 0 bridgehead atoms. The summed E-state index contributed by atoms with van der Waals surface area (Å²) in [6.07, 6.45) is 5.28. The van der Waals surface area contributed by atoms with Crippen molar-refractivity contribution in [2.24, 2.45) is 0 Å². The van der Waals surface area contributed by atoms with Gasteiger partial charge in [-0.15, -0.1) is 0 Å². The number of nitrogens with zero attached hydrogens (tertiary/aromatic N) is 5. The van der Waals surface area contributed by atoms with Crippen molar-refractivity contribution in [3.63, 3.8) is 0 Å². The average Bonchev–Trinajstić information content (AvgIpc) is 3.12. The molecule has 2 N–H and O–H groups in total. The van der Waals surface area contributed by atoms with Gasteiger partial charge in [0.25, 0.3) is 0 Å². The molecule has 0 atom stereocenters. The Morgan fingerprint density at radius 3 is 2.68 bits per heavy atom. The molecule has 138 valence electrons. The van der Waals surface area contributed by atoms with Gasteiger partial charge in [0, 0.05) is 60.2 Å². The second-order valence-corrected chi connectivity index (χ2v) is 7.55. The molecule has 3 heterocycles. The van der Waals surface area contributed by atoms with E-state index in [1.807, 2.05) is 46.6 Å². The highest BCUT2D eigenvalue weighted by Gasteiger charge is 2.18. The van der Waals surface area contributed by atoms with Gasteiger partial charge in [0.2, 0.25) is 5.95 Å². The summed E-state index contributed by atoms with van der Waals surface area (Å²) in [7, 11) is 3.26. The smallest absolute Gasteiger partial charge is 0.223 e. The Bertz CT molecular complexity index is 1180. The largest absolute Gasteiger partial charge is 0.357 e. The first-order valence-corrected chi connectivity index (χ1v) is 11.6. The van der Waals surface area contributed by atoms with Gasteiger partial charge in [0.1, 0.15) is 6.07 Å². The van der Waals surface area contributed by atoms with E-state index in [0.29, 0.717) is 17.2 Å². The Hall–Kier alpha value is -2.84. The quantitative estimate of drug-likeness (QED) is 0.374. The van der Waals surface area contributed by atoms with Gasteiger partial charge < -0.3 is 10.6 Å². The number of anilines is 3. The van der Waals surface area contributed by atoms with Crippen LogP contribution in [0.15, 0.2) is 55.0 Å². The van der Waals surface area contributed by atoms with Gasteiger partial charge in [-0.2, -0.15) is 5.26 Å². The SMILES string of the molecule is CNc1ncc(C#N)c(-c2cn(SI)c3ncc(Nc4ccccc4)cc23)n1. The maximum Gasteiger partial charge on any atom is 0.223 e. The summed E-state index contributed by atoms with van der Waals surface area (Å²) in [5, 5.41) is 16.7. The zero-order valence-electron chi connectivity index (χ0n) is 14.7. The highest BCUT2D eigenvalue weighted by atomic mass is 127. The van der Waals surface area contributed by atoms with Gasteiger partial charge in [-0.25, -0.2) is 15.0 Å². The number of benzene rings is 1. The molecule has 0 saturated heterocycles. The van der Waals surface area contributed by atoms with Crippen molar-refractivity contribution < 1.29 is 0 Å². The topological polar surface area (TPSA) is 91.5 Å². The molecule has 0 spiro atoms. The summed E-state index contributed by atoms with van der Waals surface area (Å²) in [6, 6.07) is 14.1. The maximum atomic E-state index is 9.54. The minimum absolute atomic E-state index is 0.415. The minimum Gasteiger partial charge on any atom is -0.357 e. The van der Waals surface area contributed by atoms with E-state index in [9.17, 15) is 5.26 Å². The third-order valence-electron chi connectivity index (χ3n) is 4.14. The van der Waals surface area contributed by atoms with Gasteiger partial charge >= 0.3 is 0 Å². The van der Waals surface area contributed by atoms with E-state index < -0.39 is 0 Å². The first-order chi connectivity index (χ1) is 13.7. The fourth-order valence-electron chi connectivity index (χ4n) is 2.87. The van der Waals surface area contributed by atoms with Gasteiger partial charge in [-0.05, 0) is 18.2 Å². The Balaban J connectivity index is 1.89. The number of nitrogens with one attached hydrogen (secondary N) is 2. The molecule has 0 radical (unpaired) electrons. The summed E-state index contributed by atoms with van der Waals surface area (Å²) >= 11 is 2.21. The molecule has 28 heavy (non-hydrogen) atoms. The predicted octanol–water partition coefficient (Wildman–Crippen LogP) is 5.00. The molecule has 4 aromatic rings. The monoisotopic (exact) mass is 499 g/mol. The highest BCUT2D eigenvalue weighted by molar-refractivity contribution is 14.2. The second kappa shape index (κ2) is 8.04. The third kappa shape index (κ3) is 3.48. The number of halogens is 1. The summed E-state index contributed by atoms with van der Waals surface area (Å²) < 4.78 is 1.96. The minimum atomic E-state index is 0.415. The molecule has 7 nitrogen and oxygen atoms in total. The molecule has 1 aromatic carbocycles. The summed E-state index contributed by atoms with van der Waals surface area (Å²) in [5.41, 5.74) is 4.47. The van der Waals surface area contributed by atoms with Crippen LogP contribution in [-0.2, 0) is 0 Å². The Kier molecular flexibility index (Phi) is 5.31. The summed E-state index contributed by atoms with van der Waals surface area (Å²) in [4.78, 5) is 13.3. The van der Waals surface area contributed by atoms with E-state index in [1.165, 1.54) is 15.3 Å². The predicted molar refractivity (Wildman–Crippen MR) is 122 cm³/mol. The second-order valence-electron chi connectivity index (χ2n) is 5.84. The van der Waals surface area contributed by atoms with Crippen LogP contribution >= 0.6 is 30.3 Å². The van der Waals surface area contributed by atoms with Crippen LogP contribution in [0.1, 0.15) is 5.56 Å². The number of aromatic nitrogens is 4. The van der Waals surface area contributed by atoms with Crippen molar-refractivity contribution in [3.05, 3.63) is 60.6 Å². The molecule has 0 amide bonds. The van der Waals surface area contributed by atoms with Crippen molar-refractivity contribution in [3.8, 4) is 17.3 Å². The lowest BCUT2D eigenvalue weighted by Gasteiger charge is -2.07. The molecule has 0 aliphatic carbocycles. The van der Waals surface area contributed by atoms with E-state index in [0.717, 1.165) is 28.0 Å². The van der Waals surface area contributed by atoms with Crippen molar-refractivity contribution in [1.29, 1.82) is 5.26 Å². The van der Waals surface area contributed by atoms with Crippen LogP contribution in [0.4, 0.5) is 17.3 Å². The fraction of sp³-hybridized carbons (Fsp3) is 0.0526. The zero-order chi connectivity index (χ0) is 19.5. The molecular formula is C19H14IN7S. The normalized spacial score (nSPS) is 10.6. The van der Waals surface area contributed by atoms with E-state index in [-0.39, 0.29) is 0 Å². The van der Waals surface area contributed by atoms with E-state index in [4.69, 9.17) is 0 Å². The van der Waals surface area contributed by atoms with Crippen LogP contribution in [0, 0.1) is 11.3 Å². The van der Waals surface area contributed by atoms with Crippen LogP contribution in [0.25, 0.3) is 22.3 Å². The number of hydrogen-bond acceptors (Lipinski definition) is 7. The van der Waals surface area contributed by atoms with Crippen LogP contribution in [0.2, 0.25) is 0 Å². The van der Waals surface area contributed by atoms with E-state index in [1.54, 1.807) is 13.2 Å². The third-order valence-corrected chi connectivity index (χ3v) is 5.84. The molecule has 0 saturated carbocycles. The van der Waals surface area contributed by atoms with E-state index in [2.05, 4.69) is 52.9 Å². The number of pyridine rings is 1. The van der Waals surface area contributed by atoms with Gasteiger partial charge in [-0.3, -0.25) is 3.97 Å². The molecule has 0 unspecified atom stereocenters. The average molecular weight is 499 g/mol. The molecule has 0 aliphatic heterocycles. The van der Waals surface area contributed by atoms with Crippen LogP contribution < -0.4 is 10.6 Å². The number of nitriles is 1. The first kappa shape index (κ1) is 18.5. The molecule has 0 aliphatic rings. The van der Waals surface area contributed by atoms with Gasteiger partial charge in [0.05, 0.1) is 29.3 Å². The standard InChI is InChI=1S/C19H14IN7S/c1-22-19-24-9-12(8-21)17(26-19)16-11-27(28-20)18-15(16)7-14(10-23-18)25-13-5-3-2-4-6-13/h2-7,9-11,25H,1H3,(H,22,24,26). The van der Waals surface area contributed by atoms with Crippen molar-refractivity contribution in [2.45, 2.75) is 0 Å². The molecule has 3 aromatic heterocycles. The fourth-order valence-corrected chi connectivity index (χ4v) is 4.12. The lowest BCUT2D eigenvalue weighted by molar-refractivity contribution is 1.14. The Morgan fingerprint density at radius 2 is 1.96 bits per heavy atom. The van der Waals surface area contributed by atoms with Gasteiger partial charge in [-0.1, -0.05) is 18.2 Å². The van der Waals surface area contributed by atoms with Crippen LogP contribution in [0.3, 0.4) is 0 Å². The van der Waals surface area contributed by atoms with Crippen molar-refractivity contribution >= 4 is 58.7 Å². The van der Waals surface area contributed by atoms with E-state index >= 15 is 0 Å². The lowest BCUT2D eigenvalue weighted by atomic mass is 10.1. The molecular weight excluding hydrogens is 485 g/mol. The Morgan fingerprint density at radius 1 is 1.14 bits per heavy atom. The number of rotatable bonds is 5. The number of hydrogen-bond donors (Lipinski definition) is 2. The summed E-state index contributed by atoms with van der Waals surface area (Å²) in [5.74, 6) is 0.462.